The number of methoxy groups -OCH3 is 1. The molecule has 1 fully saturated rings. The molecule has 0 bridgehead atoms. The first-order chi connectivity index (χ1) is 11.5. The minimum Gasteiger partial charge on any atom is -0.493 e. The lowest BCUT2D eigenvalue weighted by molar-refractivity contribution is -0.123. The normalized spacial score (nSPS) is 19.6. The molecule has 0 saturated carbocycles. The zero-order chi connectivity index (χ0) is 17.5. The molecule has 1 aliphatic rings. The Bertz CT molecular complexity index is 550. The second kappa shape index (κ2) is 8.89. The van der Waals surface area contributed by atoms with Crippen molar-refractivity contribution in [1.82, 2.24) is 15.5 Å². The SMILES string of the molecule is CCOc1ccc(C(C)NC(=O)CN2CCNC[C@H]2C)cc1OC. The van der Waals surface area contributed by atoms with E-state index >= 15 is 0 Å². The molecule has 0 aliphatic carbocycles. The van der Waals surface area contributed by atoms with Crippen LogP contribution < -0.4 is 20.1 Å². The maximum absolute atomic E-state index is 12.3. The van der Waals surface area contributed by atoms with E-state index in [1.807, 2.05) is 32.0 Å². The van der Waals surface area contributed by atoms with Crippen LogP contribution >= 0.6 is 0 Å². The molecule has 1 saturated heterocycles. The molecule has 24 heavy (non-hydrogen) atoms. The number of benzene rings is 1. The van der Waals surface area contributed by atoms with Crippen LogP contribution in [-0.4, -0.2) is 56.7 Å². The smallest absolute Gasteiger partial charge is 0.234 e. The van der Waals surface area contributed by atoms with Gasteiger partial charge in [0.05, 0.1) is 26.3 Å². The summed E-state index contributed by atoms with van der Waals surface area (Å²) in [4.78, 5) is 14.5. The van der Waals surface area contributed by atoms with Crippen LogP contribution in [0.25, 0.3) is 0 Å². The van der Waals surface area contributed by atoms with Crippen LogP contribution in [0.4, 0.5) is 0 Å². The Morgan fingerprint density at radius 3 is 2.92 bits per heavy atom. The molecule has 0 radical (unpaired) electrons. The summed E-state index contributed by atoms with van der Waals surface area (Å²) in [6.07, 6.45) is 0. The number of carbonyl (C=O) groups excluding carboxylic acids is 1. The van der Waals surface area contributed by atoms with Gasteiger partial charge < -0.3 is 20.1 Å². The number of rotatable bonds is 7. The molecular formula is C18H29N3O3. The van der Waals surface area contributed by atoms with Crippen LogP contribution in [-0.2, 0) is 4.79 Å². The van der Waals surface area contributed by atoms with Gasteiger partial charge in [0, 0.05) is 25.7 Å². The van der Waals surface area contributed by atoms with Gasteiger partial charge in [0.1, 0.15) is 0 Å². The Balaban J connectivity index is 1.95. The summed E-state index contributed by atoms with van der Waals surface area (Å²) in [7, 11) is 1.62. The molecule has 1 unspecified atom stereocenters. The molecule has 2 rings (SSSR count). The van der Waals surface area contributed by atoms with Gasteiger partial charge in [0.2, 0.25) is 5.91 Å². The molecular weight excluding hydrogens is 306 g/mol. The van der Waals surface area contributed by atoms with E-state index in [2.05, 4.69) is 22.5 Å². The van der Waals surface area contributed by atoms with E-state index in [9.17, 15) is 4.79 Å². The predicted molar refractivity (Wildman–Crippen MR) is 94.6 cm³/mol. The maximum atomic E-state index is 12.3. The second-order valence-corrected chi connectivity index (χ2v) is 6.16. The van der Waals surface area contributed by atoms with E-state index in [0.717, 1.165) is 30.9 Å². The Morgan fingerprint density at radius 2 is 2.25 bits per heavy atom. The molecule has 1 heterocycles. The van der Waals surface area contributed by atoms with Crippen molar-refractivity contribution in [3.8, 4) is 11.5 Å². The van der Waals surface area contributed by atoms with Gasteiger partial charge in [-0.15, -0.1) is 0 Å². The number of amides is 1. The van der Waals surface area contributed by atoms with Gasteiger partial charge in [-0.2, -0.15) is 0 Å². The van der Waals surface area contributed by atoms with Crippen molar-refractivity contribution in [2.45, 2.75) is 32.9 Å². The minimum atomic E-state index is -0.0831. The van der Waals surface area contributed by atoms with Crippen molar-refractivity contribution in [3.63, 3.8) is 0 Å². The van der Waals surface area contributed by atoms with E-state index in [-0.39, 0.29) is 11.9 Å². The van der Waals surface area contributed by atoms with Crippen LogP contribution in [0.5, 0.6) is 11.5 Å². The molecule has 2 N–H and O–H groups in total. The summed E-state index contributed by atoms with van der Waals surface area (Å²) in [5.74, 6) is 1.45. The van der Waals surface area contributed by atoms with Crippen LogP contribution in [0, 0.1) is 0 Å². The molecule has 0 aromatic heterocycles. The van der Waals surface area contributed by atoms with Gasteiger partial charge in [-0.05, 0) is 38.5 Å². The van der Waals surface area contributed by atoms with Crippen molar-refractivity contribution in [2.24, 2.45) is 0 Å². The Morgan fingerprint density at radius 1 is 1.46 bits per heavy atom. The molecule has 2 atom stereocenters. The summed E-state index contributed by atoms with van der Waals surface area (Å²) in [6, 6.07) is 6.07. The van der Waals surface area contributed by atoms with Crippen molar-refractivity contribution in [2.75, 3.05) is 39.9 Å². The van der Waals surface area contributed by atoms with E-state index in [1.165, 1.54) is 0 Å². The van der Waals surface area contributed by atoms with E-state index in [0.29, 0.717) is 24.9 Å². The number of ether oxygens (including phenoxy) is 2. The largest absolute Gasteiger partial charge is 0.493 e. The fourth-order valence-electron chi connectivity index (χ4n) is 2.90. The molecule has 1 amide bonds. The average molecular weight is 335 g/mol. The quantitative estimate of drug-likeness (QED) is 0.792. The average Bonchev–Trinajstić information content (AvgIpc) is 2.57. The first kappa shape index (κ1) is 18.5. The van der Waals surface area contributed by atoms with E-state index < -0.39 is 0 Å². The van der Waals surface area contributed by atoms with Gasteiger partial charge in [-0.1, -0.05) is 6.07 Å². The highest BCUT2D eigenvalue weighted by atomic mass is 16.5. The molecule has 1 aromatic rings. The van der Waals surface area contributed by atoms with Crippen molar-refractivity contribution in [1.29, 1.82) is 0 Å². The first-order valence-corrected chi connectivity index (χ1v) is 8.60. The highest BCUT2D eigenvalue weighted by molar-refractivity contribution is 5.78. The van der Waals surface area contributed by atoms with Gasteiger partial charge in [0.15, 0.2) is 11.5 Å². The fourth-order valence-corrected chi connectivity index (χ4v) is 2.90. The lowest BCUT2D eigenvalue weighted by Gasteiger charge is -2.33. The van der Waals surface area contributed by atoms with E-state index in [4.69, 9.17) is 9.47 Å². The molecule has 1 aromatic carbocycles. The van der Waals surface area contributed by atoms with Gasteiger partial charge >= 0.3 is 0 Å². The highest BCUT2D eigenvalue weighted by Crippen LogP contribution is 2.30. The van der Waals surface area contributed by atoms with Crippen molar-refractivity contribution >= 4 is 5.91 Å². The first-order valence-electron chi connectivity index (χ1n) is 8.60. The summed E-state index contributed by atoms with van der Waals surface area (Å²) < 4.78 is 10.9. The molecule has 6 heteroatoms. The molecule has 6 nitrogen and oxygen atoms in total. The molecule has 1 aliphatic heterocycles. The highest BCUT2D eigenvalue weighted by Gasteiger charge is 2.21. The lowest BCUT2D eigenvalue weighted by atomic mass is 10.1. The number of carbonyl (C=O) groups is 1. The number of piperazine rings is 1. The van der Waals surface area contributed by atoms with Gasteiger partial charge in [-0.3, -0.25) is 9.69 Å². The van der Waals surface area contributed by atoms with Crippen molar-refractivity contribution in [3.05, 3.63) is 23.8 Å². The second-order valence-electron chi connectivity index (χ2n) is 6.16. The van der Waals surface area contributed by atoms with Crippen LogP contribution in [0.3, 0.4) is 0 Å². The number of hydrogen-bond acceptors (Lipinski definition) is 5. The Kier molecular flexibility index (Phi) is 6.87. The third-order valence-corrected chi connectivity index (χ3v) is 4.35. The predicted octanol–water partition coefficient (Wildman–Crippen LogP) is 1.56. The summed E-state index contributed by atoms with van der Waals surface area (Å²) in [5, 5.41) is 6.40. The van der Waals surface area contributed by atoms with Crippen LogP contribution in [0.2, 0.25) is 0 Å². The molecule has 0 spiro atoms. The Labute approximate surface area is 144 Å². The minimum absolute atomic E-state index is 0.0455. The topological polar surface area (TPSA) is 62.8 Å². The van der Waals surface area contributed by atoms with Crippen LogP contribution in [0.15, 0.2) is 18.2 Å². The zero-order valence-electron chi connectivity index (χ0n) is 15.1. The summed E-state index contributed by atoms with van der Waals surface area (Å²) >= 11 is 0. The molecule has 134 valence electrons. The zero-order valence-corrected chi connectivity index (χ0v) is 15.1. The fraction of sp³-hybridized carbons (Fsp3) is 0.611. The maximum Gasteiger partial charge on any atom is 0.234 e. The standard InChI is InChI=1S/C18H29N3O3/c1-5-24-16-7-6-15(10-17(16)23-4)14(3)20-18(22)12-21-9-8-19-11-13(21)2/h6-7,10,13-14,19H,5,8-9,11-12H2,1-4H3,(H,20,22)/t13-,14?/m1/s1. The lowest BCUT2D eigenvalue weighted by Crippen LogP contribution is -2.52. The van der Waals surface area contributed by atoms with Crippen LogP contribution in [0.1, 0.15) is 32.4 Å². The summed E-state index contributed by atoms with van der Waals surface area (Å²) in [5.41, 5.74) is 0.997. The van der Waals surface area contributed by atoms with Crippen molar-refractivity contribution < 1.29 is 14.3 Å². The van der Waals surface area contributed by atoms with Gasteiger partial charge in [0.25, 0.3) is 0 Å². The Hall–Kier alpha value is -1.79. The third kappa shape index (κ3) is 4.85. The van der Waals surface area contributed by atoms with Gasteiger partial charge in [-0.25, -0.2) is 0 Å². The number of nitrogens with one attached hydrogen (secondary N) is 2. The number of nitrogens with zero attached hydrogens (tertiary/aromatic N) is 1. The van der Waals surface area contributed by atoms with E-state index in [1.54, 1.807) is 7.11 Å². The summed E-state index contributed by atoms with van der Waals surface area (Å²) in [6.45, 7) is 9.84. The number of hydrogen-bond donors (Lipinski definition) is 2. The third-order valence-electron chi connectivity index (χ3n) is 4.35. The monoisotopic (exact) mass is 335 g/mol.